The van der Waals surface area contributed by atoms with Gasteiger partial charge in [-0.3, -0.25) is 4.40 Å². The van der Waals surface area contributed by atoms with Crippen molar-refractivity contribution in [2.24, 2.45) is 0 Å². The minimum absolute atomic E-state index is 0.661. The van der Waals surface area contributed by atoms with E-state index in [1.807, 2.05) is 29.7 Å². The number of aryl methyl sites for hydroxylation is 2. The van der Waals surface area contributed by atoms with Crippen LogP contribution in [0.25, 0.3) is 16.9 Å². The van der Waals surface area contributed by atoms with E-state index in [-0.39, 0.29) is 0 Å². The van der Waals surface area contributed by atoms with Crippen LogP contribution in [-0.4, -0.2) is 9.38 Å². The molecule has 2 nitrogen and oxygen atoms in total. The Morgan fingerprint density at radius 3 is 2.44 bits per heavy atom. The van der Waals surface area contributed by atoms with E-state index in [0.717, 1.165) is 16.9 Å². The highest BCUT2D eigenvalue weighted by Gasteiger charge is 2.11. The van der Waals surface area contributed by atoms with Crippen molar-refractivity contribution in [3.05, 3.63) is 58.9 Å². The maximum absolute atomic E-state index is 6.38. The molecule has 2 aromatic heterocycles. The van der Waals surface area contributed by atoms with Crippen molar-refractivity contribution in [1.82, 2.24) is 9.38 Å². The Kier molecular flexibility index (Phi) is 2.60. The maximum atomic E-state index is 6.38. The summed E-state index contributed by atoms with van der Waals surface area (Å²) in [6.07, 6.45) is 1.96. The molecule has 0 atom stereocenters. The molecule has 0 fully saturated rings. The first-order valence-corrected chi connectivity index (χ1v) is 6.24. The summed E-state index contributed by atoms with van der Waals surface area (Å²) in [6, 6.07) is 12.3. The van der Waals surface area contributed by atoms with Gasteiger partial charge in [0.05, 0.1) is 0 Å². The number of aromatic nitrogens is 2. The summed E-state index contributed by atoms with van der Waals surface area (Å²) in [7, 11) is 0. The molecule has 3 heteroatoms. The Balaban J connectivity index is 2.23. The topological polar surface area (TPSA) is 17.3 Å². The third-order valence-corrected chi connectivity index (χ3v) is 3.41. The maximum Gasteiger partial charge on any atom is 0.141 e. The molecule has 3 rings (SSSR count). The lowest BCUT2D eigenvalue weighted by atomic mass is 10.1. The SMILES string of the molecule is Cc1ccc(-c2nc3cc(C)ccn3c2Cl)cc1. The van der Waals surface area contributed by atoms with Crippen molar-refractivity contribution in [3.8, 4) is 11.3 Å². The van der Waals surface area contributed by atoms with E-state index in [4.69, 9.17) is 11.6 Å². The predicted octanol–water partition coefficient (Wildman–Crippen LogP) is 4.27. The Morgan fingerprint density at radius 1 is 1.00 bits per heavy atom. The van der Waals surface area contributed by atoms with Crippen LogP contribution in [0.5, 0.6) is 0 Å². The first-order valence-electron chi connectivity index (χ1n) is 5.86. The van der Waals surface area contributed by atoms with E-state index < -0.39 is 0 Å². The molecule has 18 heavy (non-hydrogen) atoms. The van der Waals surface area contributed by atoms with Crippen LogP contribution in [0.1, 0.15) is 11.1 Å². The highest BCUT2D eigenvalue weighted by molar-refractivity contribution is 6.32. The van der Waals surface area contributed by atoms with E-state index in [1.165, 1.54) is 11.1 Å². The van der Waals surface area contributed by atoms with E-state index in [0.29, 0.717) is 5.15 Å². The zero-order valence-electron chi connectivity index (χ0n) is 10.3. The first-order chi connectivity index (χ1) is 8.65. The Morgan fingerprint density at radius 2 is 1.72 bits per heavy atom. The number of nitrogens with zero attached hydrogens (tertiary/aromatic N) is 2. The molecule has 0 aliphatic heterocycles. The Bertz CT molecular complexity index is 711. The monoisotopic (exact) mass is 256 g/mol. The second-order valence-electron chi connectivity index (χ2n) is 4.55. The van der Waals surface area contributed by atoms with Crippen molar-refractivity contribution in [1.29, 1.82) is 0 Å². The molecule has 0 spiro atoms. The van der Waals surface area contributed by atoms with Gasteiger partial charge in [0.1, 0.15) is 16.5 Å². The molecule has 1 aromatic carbocycles. The summed E-state index contributed by atoms with van der Waals surface area (Å²) in [5.41, 5.74) is 5.18. The predicted molar refractivity (Wildman–Crippen MR) is 75.1 cm³/mol. The minimum Gasteiger partial charge on any atom is -0.290 e. The summed E-state index contributed by atoms with van der Waals surface area (Å²) in [6.45, 7) is 4.12. The fourth-order valence-corrected chi connectivity index (χ4v) is 2.31. The van der Waals surface area contributed by atoms with Crippen LogP contribution in [0.15, 0.2) is 42.6 Å². The van der Waals surface area contributed by atoms with Gasteiger partial charge in [-0.2, -0.15) is 0 Å². The van der Waals surface area contributed by atoms with E-state index in [2.05, 4.69) is 36.2 Å². The van der Waals surface area contributed by atoms with Gasteiger partial charge in [0.25, 0.3) is 0 Å². The van der Waals surface area contributed by atoms with Gasteiger partial charge in [-0.05, 0) is 31.5 Å². The lowest BCUT2D eigenvalue weighted by Gasteiger charge is -1.98. The van der Waals surface area contributed by atoms with Gasteiger partial charge in [0, 0.05) is 11.8 Å². The van der Waals surface area contributed by atoms with Gasteiger partial charge in [-0.15, -0.1) is 0 Å². The molecule has 2 heterocycles. The van der Waals surface area contributed by atoms with Crippen LogP contribution in [0.2, 0.25) is 5.15 Å². The van der Waals surface area contributed by atoms with Gasteiger partial charge in [0.15, 0.2) is 0 Å². The molecule has 0 aliphatic carbocycles. The summed E-state index contributed by atoms with van der Waals surface area (Å²) < 4.78 is 1.91. The molecule has 0 amide bonds. The molecule has 90 valence electrons. The average molecular weight is 257 g/mol. The average Bonchev–Trinajstić information content (AvgIpc) is 2.67. The summed E-state index contributed by atoms with van der Waals surface area (Å²) >= 11 is 6.38. The lowest BCUT2D eigenvalue weighted by molar-refractivity contribution is 1.17. The molecule has 0 radical (unpaired) electrons. The van der Waals surface area contributed by atoms with Crippen LogP contribution < -0.4 is 0 Å². The van der Waals surface area contributed by atoms with Crippen molar-refractivity contribution in [3.63, 3.8) is 0 Å². The van der Waals surface area contributed by atoms with E-state index in [1.54, 1.807) is 0 Å². The number of imidazole rings is 1. The third-order valence-electron chi connectivity index (χ3n) is 3.05. The van der Waals surface area contributed by atoms with Crippen LogP contribution >= 0.6 is 11.6 Å². The third kappa shape index (κ3) is 1.79. The normalized spacial score (nSPS) is 11.1. The number of rotatable bonds is 1. The molecule has 0 saturated carbocycles. The van der Waals surface area contributed by atoms with Gasteiger partial charge >= 0.3 is 0 Å². The lowest BCUT2D eigenvalue weighted by Crippen LogP contribution is -1.84. The Labute approximate surface area is 111 Å². The van der Waals surface area contributed by atoms with Crippen molar-refractivity contribution in [2.75, 3.05) is 0 Å². The molecule has 0 unspecified atom stereocenters. The van der Waals surface area contributed by atoms with Gasteiger partial charge in [-0.1, -0.05) is 41.4 Å². The second-order valence-corrected chi connectivity index (χ2v) is 4.91. The standard InChI is InChI=1S/C15H13ClN2/c1-10-3-5-12(6-4-10)14-15(16)18-8-7-11(2)9-13(18)17-14/h3-9H,1-2H3. The summed E-state index contributed by atoms with van der Waals surface area (Å²) in [4.78, 5) is 4.60. The quantitative estimate of drug-likeness (QED) is 0.636. The molecule has 3 aromatic rings. The smallest absolute Gasteiger partial charge is 0.141 e. The number of hydrogen-bond acceptors (Lipinski definition) is 1. The number of halogens is 1. The fraction of sp³-hybridized carbons (Fsp3) is 0.133. The number of benzene rings is 1. The molecule has 0 saturated heterocycles. The highest BCUT2D eigenvalue weighted by atomic mass is 35.5. The zero-order chi connectivity index (χ0) is 12.7. The zero-order valence-corrected chi connectivity index (χ0v) is 11.1. The van der Waals surface area contributed by atoms with Crippen molar-refractivity contribution >= 4 is 17.2 Å². The van der Waals surface area contributed by atoms with Crippen molar-refractivity contribution < 1.29 is 0 Å². The van der Waals surface area contributed by atoms with Crippen molar-refractivity contribution in [2.45, 2.75) is 13.8 Å². The minimum atomic E-state index is 0.661. The largest absolute Gasteiger partial charge is 0.290 e. The summed E-state index contributed by atoms with van der Waals surface area (Å²) in [5.74, 6) is 0. The molecule has 0 aliphatic rings. The van der Waals surface area contributed by atoms with Gasteiger partial charge in [-0.25, -0.2) is 4.98 Å². The first kappa shape index (κ1) is 11.3. The number of fused-ring (bicyclic) bond motifs is 1. The summed E-state index contributed by atoms with van der Waals surface area (Å²) in [5, 5.41) is 0.661. The van der Waals surface area contributed by atoms with Gasteiger partial charge in [0.2, 0.25) is 0 Å². The molecular formula is C15H13ClN2. The Hall–Kier alpha value is -1.80. The van der Waals surface area contributed by atoms with Crippen LogP contribution in [-0.2, 0) is 0 Å². The highest BCUT2D eigenvalue weighted by Crippen LogP contribution is 2.28. The molecular weight excluding hydrogens is 244 g/mol. The van der Waals surface area contributed by atoms with E-state index in [9.17, 15) is 0 Å². The van der Waals surface area contributed by atoms with Crippen LogP contribution in [0.4, 0.5) is 0 Å². The number of hydrogen-bond donors (Lipinski definition) is 0. The van der Waals surface area contributed by atoms with Crippen LogP contribution in [0.3, 0.4) is 0 Å². The fourth-order valence-electron chi connectivity index (χ4n) is 2.01. The number of pyridine rings is 1. The van der Waals surface area contributed by atoms with Crippen LogP contribution in [0, 0.1) is 13.8 Å². The molecule has 0 bridgehead atoms. The van der Waals surface area contributed by atoms with E-state index >= 15 is 0 Å². The van der Waals surface area contributed by atoms with Gasteiger partial charge < -0.3 is 0 Å². The molecule has 0 N–H and O–H groups in total. The second kappa shape index (κ2) is 4.14.